The van der Waals surface area contributed by atoms with Crippen molar-refractivity contribution in [3.63, 3.8) is 0 Å². The molecule has 2 heterocycles. The lowest BCUT2D eigenvalue weighted by Gasteiger charge is -2.02. The van der Waals surface area contributed by atoms with Crippen LogP contribution in [-0.2, 0) is 6.42 Å². The molecule has 4 heteroatoms. The summed E-state index contributed by atoms with van der Waals surface area (Å²) in [6.45, 7) is 2.09. The quantitative estimate of drug-likeness (QED) is 0.824. The number of ether oxygens (including phenoxy) is 1. The first-order valence-electron chi connectivity index (χ1n) is 4.46. The maximum absolute atomic E-state index is 5.28. The Kier molecular flexibility index (Phi) is 2.46. The van der Waals surface area contributed by atoms with Gasteiger partial charge in [0.1, 0.15) is 11.3 Å². The Labute approximate surface area is 90.8 Å². The summed E-state index contributed by atoms with van der Waals surface area (Å²) >= 11 is 3.41. The summed E-state index contributed by atoms with van der Waals surface area (Å²) in [5.74, 6) is 0.839. The van der Waals surface area contributed by atoms with Gasteiger partial charge in [0, 0.05) is 10.7 Å². The summed E-state index contributed by atoms with van der Waals surface area (Å²) in [5, 5.41) is 4.41. The van der Waals surface area contributed by atoms with Gasteiger partial charge in [-0.25, -0.2) is 4.52 Å². The van der Waals surface area contributed by atoms with Crippen molar-refractivity contribution in [2.75, 3.05) is 7.11 Å². The van der Waals surface area contributed by atoms with E-state index in [-0.39, 0.29) is 0 Å². The van der Waals surface area contributed by atoms with Gasteiger partial charge in [-0.15, -0.1) is 0 Å². The zero-order valence-electron chi connectivity index (χ0n) is 8.12. The standard InChI is InChI=1S/C10H11BrN2O/c1-3-8-5-9-10(14-2)4-7(11)6-13(9)12-8/h4-6H,3H2,1-2H3. The molecule has 0 bridgehead atoms. The van der Waals surface area contributed by atoms with Gasteiger partial charge in [-0.1, -0.05) is 6.92 Å². The van der Waals surface area contributed by atoms with Crippen LogP contribution in [0.5, 0.6) is 5.75 Å². The number of fused-ring (bicyclic) bond motifs is 1. The smallest absolute Gasteiger partial charge is 0.145 e. The molecule has 2 rings (SSSR count). The highest BCUT2D eigenvalue weighted by atomic mass is 79.9. The number of aryl methyl sites for hydroxylation is 1. The van der Waals surface area contributed by atoms with Gasteiger partial charge in [0.2, 0.25) is 0 Å². The van der Waals surface area contributed by atoms with E-state index in [2.05, 4.69) is 28.0 Å². The molecule has 2 aromatic rings. The minimum Gasteiger partial charge on any atom is -0.494 e. The molecule has 0 N–H and O–H groups in total. The predicted octanol–water partition coefficient (Wildman–Crippen LogP) is 2.67. The average Bonchev–Trinajstić information content (AvgIpc) is 2.59. The lowest BCUT2D eigenvalue weighted by Crippen LogP contribution is -1.91. The molecule has 0 amide bonds. The third kappa shape index (κ3) is 1.50. The van der Waals surface area contributed by atoms with Crippen molar-refractivity contribution in [2.45, 2.75) is 13.3 Å². The van der Waals surface area contributed by atoms with Crippen LogP contribution in [0.2, 0.25) is 0 Å². The van der Waals surface area contributed by atoms with Crippen molar-refractivity contribution in [2.24, 2.45) is 0 Å². The zero-order valence-corrected chi connectivity index (χ0v) is 9.71. The summed E-state index contributed by atoms with van der Waals surface area (Å²) in [6, 6.07) is 3.99. The number of aromatic nitrogens is 2. The van der Waals surface area contributed by atoms with E-state index < -0.39 is 0 Å². The van der Waals surface area contributed by atoms with E-state index in [0.717, 1.165) is 27.9 Å². The highest BCUT2D eigenvalue weighted by Crippen LogP contribution is 2.24. The molecule has 14 heavy (non-hydrogen) atoms. The van der Waals surface area contributed by atoms with Gasteiger partial charge in [-0.2, -0.15) is 5.10 Å². The number of pyridine rings is 1. The van der Waals surface area contributed by atoms with E-state index in [1.807, 2.05) is 22.8 Å². The third-order valence-corrected chi connectivity index (χ3v) is 2.57. The van der Waals surface area contributed by atoms with E-state index in [1.165, 1.54) is 0 Å². The fourth-order valence-corrected chi connectivity index (χ4v) is 1.82. The molecule has 3 nitrogen and oxygen atoms in total. The Morgan fingerprint density at radius 3 is 2.93 bits per heavy atom. The molecule has 0 aliphatic rings. The minimum atomic E-state index is 0.839. The van der Waals surface area contributed by atoms with Crippen LogP contribution in [-0.4, -0.2) is 16.7 Å². The molecular weight excluding hydrogens is 244 g/mol. The van der Waals surface area contributed by atoms with Crippen molar-refractivity contribution in [1.82, 2.24) is 9.61 Å². The Balaban J connectivity index is 2.71. The van der Waals surface area contributed by atoms with Crippen molar-refractivity contribution in [3.8, 4) is 5.75 Å². The van der Waals surface area contributed by atoms with Crippen LogP contribution in [0.4, 0.5) is 0 Å². The second kappa shape index (κ2) is 3.61. The van der Waals surface area contributed by atoms with Gasteiger partial charge in [0.25, 0.3) is 0 Å². The van der Waals surface area contributed by atoms with Gasteiger partial charge < -0.3 is 4.74 Å². The summed E-state index contributed by atoms with van der Waals surface area (Å²) in [5.41, 5.74) is 2.08. The summed E-state index contributed by atoms with van der Waals surface area (Å²) < 4.78 is 8.08. The number of halogens is 1. The van der Waals surface area contributed by atoms with Crippen molar-refractivity contribution in [1.29, 1.82) is 0 Å². The van der Waals surface area contributed by atoms with E-state index in [0.29, 0.717) is 0 Å². The molecule has 0 radical (unpaired) electrons. The third-order valence-electron chi connectivity index (χ3n) is 2.14. The Bertz CT molecular complexity index is 464. The SMILES string of the molecule is CCc1cc2c(OC)cc(Br)cn2n1. The van der Waals surface area contributed by atoms with Gasteiger partial charge in [0.05, 0.1) is 12.8 Å². The summed E-state index contributed by atoms with van der Waals surface area (Å²) in [6.07, 6.45) is 2.86. The summed E-state index contributed by atoms with van der Waals surface area (Å²) in [7, 11) is 1.67. The topological polar surface area (TPSA) is 26.5 Å². The van der Waals surface area contributed by atoms with Crippen molar-refractivity contribution >= 4 is 21.4 Å². The zero-order chi connectivity index (χ0) is 10.1. The van der Waals surface area contributed by atoms with E-state index in [4.69, 9.17) is 4.74 Å². The number of rotatable bonds is 2. The monoisotopic (exact) mass is 254 g/mol. The van der Waals surface area contributed by atoms with Gasteiger partial charge in [-0.3, -0.25) is 0 Å². The first-order valence-corrected chi connectivity index (χ1v) is 5.25. The van der Waals surface area contributed by atoms with Gasteiger partial charge in [0.15, 0.2) is 0 Å². The number of methoxy groups -OCH3 is 1. The first-order chi connectivity index (χ1) is 6.74. The molecule has 2 aromatic heterocycles. The van der Waals surface area contributed by atoms with Crippen LogP contribution >= 0.6 is 15.9 Å². The lowest BCUT2D eigenvalue weighted by molar-refractivity contribution is 0.417. The molecule has 0 aliphatic heterocycles. The maximum atomic E-state index is 5.28. The number of hydrogen-bond donors (Lipinski definition) is 0. The molecule has 0 aliphatic carbocycles. The Hall–Kier alpha value is -1.03. The molecule has 0 aromatic carbocycles. The second-order valence-corrected chi connectivity index (χ2v) is 3.96. The number of nitrogens with zero attached hydrogens (tertiary/aromatic N) is 2. The van der Waals surface area contributed by atoms with Gasteiger partial charge >= 0.3 is 0 Å². The van der Waals surface area contributed by atoms with E-state index in [9.17, 15) is 0 Å². The van der Waals surface area contributed by atoms with Crippen LogP contribution in [0.15, 0.2) is 22.8 Å². The van der Waals surface area contributed by atoms with Gasteiger partial charge in [-0.05, 0) is 34.5 Å². The first kappa shape index (κ1) is 9.52. The van der Waals surface area contributed by atoms with E-state index in [1.54, 1.807) is 7.11 Å². The van der Waals surface area contributed by atoms with Crippen LogP contribution in [0, 0.1) is 0 Å². The minimum absolute atomic E-state index is 0.839. The Morgan fingerprint density at radius 2 is 2.29 bits per heavy atom. The van der Waals surface area contributed by atoms with Crippen molar-refractivity contribution < 1.29 is 4.74 Å². The predicted molar refractivity (Wildman–Crippen MR) is 58.8 cm³/mol. The normalized spacial score (nSPS) is 10.8. The maximum Gasteiger partial charge on any atom is 0.145 e. The molecule has 74 valence electrons. The second-order valence-electron chi connectivity index (χ2n) is 3.05. The average molecular weight is 255 g/mol. The highest BCUT2D eigenvalue weighted by Gasteiger charge is 2.06. The molecule has 0 unspecified atom stereocenters. The Morgan fingerprint density at radius 1 is 1.50 bits per heavy atom. The van der Waals surface area contributed by atoms with Crippen LogP contribution in [0.25, 0.3) is 5.52 Å². The molecule has 0 saturated carbocycles. The molecule has 0 saturated heterocycles. The summed E-state index contributed by atoms with van der Waals surface area (Å²) in [4.78, 5) is 0. The van der Waals surface area contributed by atoms with Crippen LogP contribution < -0.4 is 4.74 Å². The fourth-order valence-electron chi connectivity index (χ4n) is 1.42. The largest absolute Gasteiger partial charge is 0.494 e. The molecular formula is C10H11BrN2O. The van der Waals surface area contributed by atoms with Crippen molar-refractivity contribution in [3.05, 3.63) is 28.5 Å². The van der Waals surface area contributed by atoms with E-state index >= 15 is 0 Å². The molecule has 0 atom stereocenters. The molecule has 0 spiro atoms. The fraction of sp³-hybridized carbons (Fsp3) is 0.300. The van der Waals surface area contributed by atoms with Crippen LogP contribution in [0.1, 0.15) is 12.6 Å². The lowest BCUT2D eigenvalue weighted by atomic mass is 10.3. The number of hydrogen-bond acceptors (Lipinski definition) is 2. The highest BCUT2D eigenvalue weighted by molar-refractivity contribution is 9.10. The molecule has 0 fully saturated rings. The van der Waals surface area contributed by atoms with Crippen LogP contribution in [0.3, 0.4) is 0 Å².